The van der Waals surface area contributed by atoms with Crippen LogP contribution >= 0.6 is 11.6 Å². The van der Waals surface area contributed by atoms with Crippen LogP contribution in [0, 0.1) is 0 Å². The number of halogens is 1. The lowest BCUT2D eigenvalue weighted by atomic mass is 10.1. The van der Waals surface area contributed by atoms with E-state index in [1.54, 1.807) is 17.0 Å². The van der Waals surface area contributed by atoms with Crippen molar-refractivity contribution in [3.63, 3.8) is 0 Å². The molecule has 0 aliphatic carbocycles. The molecule has 3 rings (SSSR count). The van der Waals surface area contributed by atoms with Gasteiger partial charge in [-0.2, -0.15) is 0 Å². The number of pyridine rings is 1. The Hall–Kier alpha value is -3.53. The molecular formula is C28H37ClN4O6. The Labute approximate surface area is 234 Å². The summed E-state index contributed by atoms with van der Waals surface area (Å²) in [6, 6.07) is 8.56. The van der Waals surface area contributed by atoms with Gasteiger partial charge in [0.2, 0.25) is 0 Å². The summed E-state index contributed by atoms with van der Waals surface area (Å²) in [6.07, 6.45) is 1.22. The van der Waals surface area contributed by atoms with Gasteiger partial charge in [0.25, 0.3) is 0 Å². The van der Waals surface area contributed by atoms with E-state index in [0.717, 1.165) is 5.56 Å². The Kier molecular flexibility index (Phi) is 9.66. The van der Waals surface area contributed by atoms with Crippen LogP contribution in [0.15, 0.2) is 36.5 Å². The largest absolute Gasteiger partial charge is 0.444 e. The number of benzene rings is 1. The molecule has 1 aliphatic heterocycles. The zero-order valence-electron chi connectivity index (χ0n) is 23.4. The Morgan fingerprint density at radius 2 is 1.56 bits per heavy atom. The lowest BCUT2D eigenvalue weighted by molar-refractivity contribution is 0.0239. The van der Waals surface area contributed by atoms with E-state index >= 15 is 0 Å². The van der Waals surface area contributed by atoms with Crippen LogP contribution in [0.3, 0.4) is 0 Å². The molecule has 0 unspecified atom stereocenters. The molecular weight excluding hydrogens is 524 g/mol. The number of carbonyl (C=O) groups is 3. The zero-order chi connectivity index (χ0) is 28.8. The van der Waals surface area contributed by atoms with Crippen LogP contribution in [-0.4, -0.2) is 72.0 Å². The molecule has 2 heterocycles. The summed E-state index contributed by atoms with van der Waals surface area (Å²) in [5.41, 5.74) is 0.0918. The summed E-state index contributed by atoms with van der Waals surface area (Å²) in [6.45, 7) is 13.4. The SMILES string of the molecule is CC(C)(C)OC(=O)NCCc1ccc(OC(=O)c2cnc(N3CCN(C(=O)OC(C)(C)C)CC3)c(Cl)c2)cc1. The molecule has 1 N–H and O–H groups in total. The monoisotopic (exact) mass is 560 g/mol. The van der Waals surface area contributed by atoms with Crippen LogP contribution in [0.5, 0.6) is 5.75 Å². The number of esters is 1. The van der Waals surface area contributed by atoms with Crippen LogP contribution in [0.25, 0.3) is 0 Å². The van der Waals surface area contributed by atoms with E-state index in [0.29, 0.717) is 55.7 Å². The predicted molar refractivity (Wildman–Crippen MR) is 149 cm³/mol. The van der Waals surface area contributed by atoms with Gasteiger partial charge in [0.05, 0.1) is 10.6 Å². The van der Waals surface area contributed by atoms with Crippen LogP contribution in [0.2, 0.25) is 5.02 Å². The third kappa shape index (κ3) is 9.62. The Morgan fingerprint density at radius 1 is 0.949 bits per heavy atom. The maximum Gasteiger partial charge on any atom is 0.410 e. The molecule has 2 aromatic rings. The molecule has 11 heteroatoms. The van der Waals surface area contributed by atoms with Gasteiger partial charge in [-0.05, 0) is 71.7 Å². The van der Waals surface area contributed by atoms with Crippen LogP contribution in [0.4, 0.5) is 15.4 Å². The molecule has 2 amide bonds. The summed E-state index contributed by atoms with van der Waals surface area (Å²) < 4.78 is 16.1. The van der Waals surface area contributed by atoms with Gasteiger partial charge in [-0.15, -0.1) is 0 Å². The van der Waals surface area contributed by atoms with Gasteiger partial charge in [0.15, 0.2) is 0 Å². The smallest absolute Gasteiger partial charge is 0.410 e. The average molecular weight is 561 g/mol. The molecule has 10 nitrogen and oxygen atoms in total. The van der Waals surface area contributed by atoms with Gasteiger partial charge in [-0.1, -0.05) is 23.7 Å². The molecule has 1 aliphatic rings. The summed E-state index contributed by atoms with van der Waals surface area (Å²) in [5.74, 6) is 0.341. The highest BCUT2D eigenvalue weighted by Gasteiger charge is 2.27. The molecule has 0 saturated carbocycles. The van der Waals surface area contributed by atoms with Crippen LogP contribution in [-0.2, 0) is 15.9 Å². The minimum absolute atomic E-state index is 0.224. The summed E-state index contributed by atoms with van der Waals surface area (Å²) in [5, 5.41) is 3.03. The van der Waals surface area contributed by atoms with Gasteiger partial charge >= 0.3 is 18.2 Å². The van der Waals surface area contributed by atoms with Crippen molar-refractivity contribution >= 4 is 35.6 Å². The number of nitrogens with zero attached hydrogens (tertiary/aromatic N) is 3. The van der Waals surface area contributed by atoms with Crippen molar-refractivity contribution in [3.8, 4) is 5.75 Å². The van der Waals surface area contributed by atoms with Crippen molar-refractivity contribution in [1.82, 2.24) is 15.2 Å². The first-order valence-corrected chi connectivity index (χ1v) is 13.2. The number of rotatable bonds is 6. The third-order valence-electron chi connectivity index (χ3n) is 5.50. The number of amides is 2. The first kappa shape index (κ1) is 30.0. The molecule has 0 radical (unpaired) electrons. The fraction of sp³-hybridized carbons (Fsp3) is 0.500. The number of alkyl carbamates (subject to hydrolysis) is 1. The van der Waals surface area contributed by atoms with Crippen molar-refractivity contribution < 1.29 is 28.6 Å². The number of piperazine rings is 1. The maximum atomic E-state index is 12.7. The number of anilines is 1. The second-order valence-corrected chi connectivity index (χ2v) is 11.6. The van der Waals surface area contributed by atoms with Crippen molar-refractivity contribution in [2.75, 3.05) is 37.6 Å². The van der Waals surface area contributed by atoms with E-state index in [2.05, 4.69) is 10.3 Å². The molecule has 39 heavy (non-hydrogen) atoms. The number of carbonyl (C=O) groups excluding carboxylic acids is 3. The standard InChI is InChI=1S/C28H37ClN4O6/c1-27(2,3)38-25(35)30-12-11-19-7-9-21(10-8-19)37-24(34)20-17-22(29)23(31-18-20)32-13-15-33(16-14-32)26(36)39-28(4,5)6/h7-10,17-18H,11-16H2,1-6H3,(H,30,35). The maximum absolute atomic E-state index is 12.7. The topological polar surface area (TPSA) is 110 Å². The minimum atomic E-state index is -0.579. The number of nitrogens with one attached hydrogen (secondary N) is 1. The second-order valence-electron chi connectivity index (χ2n) is 11.2. The number of aromatic nitrogens is 1. The lowest BCUT2D eigenvalue weighted by Gasteiger charge is -2.36. The lowest BCUT2D eigenvalue weighted by Crippen LogP contribution is -2.50. The minimum Gasteiger partial charge on any atom is -0.444 e. The highest BCUT2D eigenvalue weighted by molar-refractivity contribution is 6.33. The van der Waals surface area contributed by atoms with E-state index in [1.807, 2.05) is 58.6 Å². The summed E-state index contributed by atoms with van der Waals surface area (Å²) in [4.78, 5) is 44.7. The highest BCUT2D eigenvalue weighted by atomic mass is 35.5. The molecule has 0 spiro atoms. The zero-order valence-corrected chi connectivity index (χ0v) is 24.1. The summed E-state index contributed by atoms with van der Waals surface area (Å²) >= 11 is 6.47. The second kappa shape index (κ2) is 12.5. The molecule has 1 fully saturated rings. The Balaban J connectivity index is 1.50. The first-order valence-electron chi connectivity index (χ1n) is 12.9. The van der Waals surface area contributed by atoms with Crippen molar-refractivity contribution in [2.45, 2.75) is 59.2 Å². The molecule has 0 atom stereocenters. The van der Waals surface area contributed by atoms with Gasteiger partial charge in [0.1, 0.15) is 22.8 Å². The van der Waals surface area contributed by atoms with Gasteiger partial charge in [-0.3, -0.25) is 0 Å². The van der Waals surface area contributed by atoms with E-state index in [4.69, 9.17) is 25.8 Å². The quantitative estimate of drug-likeness (QED) is 0.385. The molecule has 1 saturated heterocycles. The number of hydrogen-bond acceptors (Lipinski definition) is 8. The van der Waals surface area contributed by atoms with Gasteiger partial charge in [0, 0.05) is 38.9 Å². The van der Waals surface area contributed by atoms with Crippen LogP contribution < -0.4 is 15.0 Å². The van der Waals surface area contributed by atoms with Crippen molar-refractivity contribution in [3.05, 3.63) is 52.7 Å². The first-order chi connectivity index (χ1) is 18.2. The van der Waals surface area contributed by atoms with E-state index in [1.165, 1.54) is 12.3 Å². The fourth-order valence-corrected chi connectivity index (χ4v) is 4.00. The fourth-order valence-electron chi connectivity index (χ4n) is 3.72. The Morgan fingerprint density at radius 3 is 2.13 bits per heavy atom. The predicted octanol–water partition coefficient (Wildman–Crippen LogP) is 5.08. The normalized spacial score (nSPS) is 14.0. The van der Waals surface area contributed by atoms with Crippen molar-refractivity contribution in [2.24, 2.45) is 0 Å². The van der Waals surface area contributed by atoms with Crippen LogP contribution in [0.1, 0.15) is 57.5 Å². The van der Waals surface area contributed by atoms with E-state index < -0.39 is 23.3 Å². The van der Waals surface area contributed by atoms with Crippen molar-refractivity contribution in [1.29, 1.82) is 0 Å². The number of hydrogen-bond donors (Lipinski definition) is 1. The average Bonchev–Trinajstić information content (AvgIpc) is 2.83. The van der Waals surface area contributed by atoms with E-state index in [-0.39, 0.29) is 11.7 Å². The summed E-state index contributed by atoms with van der Waals surface area (Å²) in [7, 11) is 0. The molecule has 212 valence electrons. The Bertz CT molecular complexity index is 1170. The number of ether oxygens (including phenoxy) is 3. The third-order valence-corrected chi connectivity index (χ3v) is 5.78. The highest BCUT2D eigenvalue weighted by Crippen LogP contribution is 2.26. The van der Waals surface area contributed by atoms with Gasteiger partial charge in [-0.25, -0.2) is 19.4 Å². The molecule has 0 bridgehead atoms. The van der Waals surface area contributed by atoms with E-state index in [9.17, 15) is 14.4 Å². The molecule has 1 aromatic heterocycles. The molecule has 1 aromatic carbocycles. The van der Waals surface area contributed by atoms with Gasteiger partial charge < -0.3 is 29.3 Å².